The number of hydrogen-bond acceptors (Lipinski definition) is 5. The number of hydrogen-bond donors (Lipinski definition) is 0. The summed E-state index contributed by atoms with van der Waals surface area (Å²) in [6.45, 7) is 4.07. The molecule has 1 saturated heterocycles. The van der Waals surface area contributed by atoms with E-state index in [2.05, 4.69) is 21.9 Å². The molecule has 1 amide bonds. The lowest BCUT2D eigenvalue weighted by atomic mass is 9.90. The van der Waals surface area contributed by atoms with Crippen LogP contribution in [0.5, 0.6) is 11.5 Å². The van der Waals surface area contributed by atoms with Gasteiger partial charge in [-0.15, -0.1) is 12.4 Å². The maximum Gasteiger partial charge on any atom is 0.243 e. The average Bonchev–Trinajstić information content (AvgIpc) is 3.33. The van der Waals surface area contributed by atoms with E-state index in [-0.39, 0.29) is 18.3 Å². The van der Waals surface area contributed by atoms with Crippen molar-refractivity contribution in [1.82, 2.24) is 14.7 Å². The highest BCUT2D eigenvalue weighted by molar-refractivity contribution is 6.36. The molecule has 0 radical (unpaired) electrons. The number of piperazine rings is 1. The predicted molar refractivity (Wildman–Crippen MR) is 173 cm³/mol. The second kappa shape index (κ2) is 13.8. The summed E-state index contributed by atoms with van der Waals surface area (Å²) in [5, 5.41) is 2.01. The number of carbonyl (C=O) groups excluding carboxylic acids is 1. The first-order valence-corrected chi connectivity index (χ1v) is 15.0. The van der Waals surface area contributed by atoms with Crippen molar-refractivity contribution in [1.29, 1.82) is 0 Å². The van der Waals surface area contributed by atoms with Gasteiger partial charge in [-0.2, -0.15) is 0 Å². The molecule has 2 aliphatic rings. The number of methoxy groups -OCH3 is 2. The van der Waals surface area contributed by atoms with E-state index in [1.807, 2.05) is 25.2 Å². The number of ether oxygens (including phenoxy) is 2. The molecule has 6 nitrogen and oxygen atoms in total. The number of likely N-dealkylation sites (N-methyl/N-ethyl adjacent to an activating group) is 1. The Kier molecular flexibility index (Phi) is 10.9. The molecule has 3 aromatic rings. The highest BCUT2D eigenvalue weighted by Crippen LogP contribution is 2.39. The predicted octanol–water partition coefficient (Wildman–Crippen LogP) is 7.05. The van der Waals surface area contributed by atoms with Crippen molar-refractivity contribution in [3.63, 3.8) is 0 Å². The molecule has 3 aromatic carbocycles. The largest absolute Gasteiger partial charge is 0.495 e. The Labute approximate surface area is 273 Å². The highest BCUT2D eigenvalue weighted by atomic mass is 35.5. The van der Waals surface area contributed by atoms with Gasteiger partial charge in [0.25, 0.3) is 0 Å². The van der Waals surface area contributed by atoms with Crippen LogP contribution in [0.3, 0.4) is 0 Å². The van der Waals surface area contributed by atoms with E-state index >= 15 is 0 Å². The molecule has 1 aliphatic carbocycles. The molecule has 0 atom stereocenters. The van der Waals surface area contributed by atoms with Crippen LogP contribution in [0.25, 0.3) is 0 Å². The number of halogens is 5. The number of fused-ring (bicyclic) bond motifs is 1. The van der Waals surface area contributed by atoms with Crippen LogP contribution in [-0.4, -0.2) is 73.6 Å². The second-order valence-electron chi connectivity index (χ2n) is 10.7. The fourth-order valence-corrected chi connectivity index (χ4v) is 7.51. The fraction of sp³-hybridized carbons (Fsp3) is 0.387. The summed E-state index contributed by atoms with van der Waals surface area (Å²) in [4.78, 5) is 21.0. The number of carbonyl (C=O) groups is 1. The first kappa shape index (κ1) is 33.0. The Balaban J connectivity index is 0.00000405. The first-order valence-electron chi connectivity index (χ1n) is 13.5. The smallest absolute Gasteiger partial charge is 0.243 e. The summed E-state index contributed by atoms with van der Waals surface area (Å²) in [6, 6.07) is 15.4. The molecule has 1 fully saturated rings. The Morgan fingerprint density at radius 2 is 1.33 bits per heavy atom. The molecule has 5 rings (SSSR count). The number of amides is 1. The third kappa shape index (κ3) is 6.61. The van der Waals surface area contributed by atoms with Crippen LogP contribution in [0.1, 0.15) is 22.3 Å². The van der Waals surface area contributed by atoms with Crippen LogP contribution in [-0.2, 0) is 30.7 Å². The molecule has 11 heteroatoms. The summed E-state index contributed by atoms with van der Waals surface area (Å²) >= 11 is 25.4. The lowest BCUT2D eigenvalue weighted by molar-refractivity contribution is -0.145. The zero-order chi connectivity index (χ0) is 29.3. The molecule has 0 unspecified atom stereocenters. The molecule has 1 aliphatic heterocycles. The van der Waals surface area contributed by atoms with Crippen LogP contribution in [0.15, 0.2) is 48.5 Å². The van der Waals surface area contributed by atoms with Gasteiger partial charge in [-0.05, 0) is 35.4 Å². The van der Waals surface area contributed by atoms with E-state index in [1.165, 1.54) is 11.1 Å². The molecule has 0 bridgehead atoms. The van der Waals surface area contributed by atoms with Crippen LogP contribution in [0, 0.1) is 0 Å². The molecule has 0 N–H and O–H groups in total. The quantitative estimate of drug-likeness (QED) is 0.257. The van der Waals surface area contributed by atoms with Gasteiger partial charge in [0, 0.05) is 80.3 Å². The highest BCUT2D eigenvalue weighted by Gasteiger charge is 2.50. The Morgan fingerprint density at radius 3 is 1.86 bits per heavy atom. The van der Waals surface area contributed by atoms with Gasteiger partial charge in [-0.3, -0.25) is 14.6 Å². The van der Waals surface area contributed by atoms with Crippen molar-refractivity contribution in [2.75, 3.05) is 47.4 Å². The van der Waals surface area contributed by atoms with Crippen molar-refractivity contribution in [2.45, 2.75) is 31.5 Å². The monoisotopic (exact) mass is 671 g/mol. The van der Waals surface area contributed by atoms with E-state index in [9.17, 15) is 4.79 Å². The van der Waals surface area contributed by atoms with E-state index in [1.54, 1.807) is 37.3 Å². The van der Waals surface area contributed by atoms with Gasteiger partial charge in [0.05, 0.1) is 24.3 Å². The minimum Gasteiger partial charge on any atom is -0.495 e. The maximum absolute atomic E-state index is 14.5. The summed E-state index contributed by atoms with van der Waals surface area (Å²) in [7, 11) is 5.03. The summed E-state index contributed by atoms with van der Waals surface area (Å²) in [6.07, 6.45) is 1.33. The standard InChI is InChI=1S/C31H33Cl4N3O3.ClH/c1-36(18-22-12-24(32)14-26(34)28(22)40-2)30(39)31(16-20-6-4-5-7-21(20)17-31)38-10-8-37(9-11-38)19-23-13-25(33)15-27(35)29(23)41-3;/h4-7,12-15H,8-11,16-19H2,1-3H3;1H. The molecular formula is C31H34Cl5N3O3. The Hall–Kier alpha value is -1.90. The fourth-order valence-electron chi connectivity index (χ4n) is 6.28. The van der Waals surface area contributed by atoms with Gasteiger partial charge in [-0.1, -0.05) is 70.7 Å². The van der Waals surface area contributed by atoms with Crippen molar-refractivity contribution in [3.8, 4) is 11.5 Å². The van der Waals surface area contributed by atoms with E-state index < -0.39 is 5.54 Å². The minimum absolute atomic E-state index is 0. The van der Waals surface area contributed by atoms with Crippen molar-refractivity contribution in [2.24, 2.45) is 0 Å². The van der Waals surface area contributed by atoms with Crippen LogP contribution < -0.4 is 9.47 Å². The van der Waals surface area contributed by atoms with Crippen LogP contribution in [0.4, 0.5) is 0 Å². The average molecular weight is 674 g/mol. The Morgan fingerprint density at radius 1 is 0.833 bits per heavy atom. The molecule has 0 aromatic heterocycles. The van der Waals surface area contributed by atoms with Gasteiger partial charge in [0.1, 0.15) is 17.0 Å². The summed E-state index contributed by atoms with van der Waals surface area (Å²) in [5.41, 5.74) is 3.48. The first-order chi connectivity index (χ1) is 19.6. The minimum atomic E-state index is -0.683. The van der Waals surface area contributed by atoms with Gasteiger partial charge >= 0.3 is 0 Å². The summed E-state index contributed by atoms with van der Waals surface area (Å²) in [5.74, 6) is 1.25. The Bertz CT molecular complexity index is 1420. The molecular weight excluding hydrogens is 640 g/mol. The second-order valence-corrected chi connectivity index (χ2v) is 12.4. The molecule has 0 saturated carbocycles. The normalized spacial score (nSPS) is 16.5. The van der Waals surface area contributed by atoms with E-state index in [4.69, 9.17) is 55.9 Å². The van der Waals surface area contributed by atoms with E-state index in [0.29, 0.717) is 57.5 Å². The van der Waals surface area contributed by atoms with Crippen molar-refractivity contribution in [3.05, 3.63) is 90.9 Å². The van der Waals surface area contributed by atoms with Crippen molar-refractivity contribution < 1.29 is 14.3 Å². The lowest BCUT2D eigenvalue weighted by Gasteiger charge is -2.46. The van der Waals surface area contributed by atoms with Crippen LogP contribution >= 0.6 is 58.8 Å². The van der Waals surface area contributed by atoms with Gasteiger partial charge in [0.2, 0.25) is 5.91 Å². The topological polar surface area (TPSA) is 45.2 Å². The third-order valence-corrected chi connectivity index (χ3v) is 9.18. The summed E-state index contributed by atoms with van der Waals surface area (Å²) < 4.78 is 11.1. The van der Waals surface area contributed by atoms with Crippen molar-refractivity contribution >= 4 is 64.7 Å². The van der Waals surface area contributed by atoms with E-state index in [0.717, 1.165) is 37.3 Å². The number of benzene rings is 3. The maximum atomic E-state index is 14.5. The zero-order valence-electron chi connectivity index (χ0n) is 23.8. The molecule has 1 heterocycles. The SMILES string of the molecule is COc1c(Cl)cc(Cl)cc1CN1CCN(C2(C(=O)N(C)Cc3cc(Cl)cc(Cl)c3OC)Cc3ccccc3C2)CC1.Cl. The molecule has 226 valence electrons. The number of rotatable bonds is 8. The van der Waals surface area contributed by atoms with Gasteiger partial charge < -0.3 is 14.4 Å². The zero-order valence-corrected chi connectivity index (χ0v) is 27.6. The van der Waals surface area contributed by atoms with Crippen LogP contribution in [0.2, 0.25) is 20.1 Å². The number of nitrogens with zero attached hydrogens (tertiary/aromatic N) is 3. The van der Waals surface area contributed by atoms with Gasteiger partial charge in [0.15, 0.2) is 0 Å². The van der Waals surface area contributed by atoms with Gasteiger partial charge in [-0.25, -0.2) is 0 Å². The molecule has 42 heavy (non-hydrogen) atoms. The lowest BCUT2D eigenvalue weighted by Crippen LogP contribution is -2.64. The third-order valence-electron chi connectivity index (χ3n) is 8.19. The molecule has 0 spiro atoms.